The van der Waals surface area contributed by atoms with Gasteiger partial charge >= 0.3 is 6.18 Å². The first-order chi connectivity index (χ1) is 10.9. The number of rotatable bonds is 4. The molecule has 0 amide bonds. The summed E-state index contributed by atoms with van der Waals surface area (Å²) in [4.78, 5) is 5.59. The molecule has 4 nitrogen and oxygen atoms in total. The summed E-state index contributed by atoms with van der Waals surface area (Å²) in [6.07, 6.45) is -3.47. The van der Waals surface area contributed by atoms with Crippen LogP contribution in [-0.2, 0) is 0 Å². The molecule has 1 aromatic rings. The molecule has 0 bridgehead atoms. The van der Waals surface area contributed by atoms with Gasteiger partial charge in [-0.1, -0.05) is 30.3 Å². The minimum atomic E-state index is -4.14. The van der Waals surface area contributed by atoms with Crippen LogP contribution < -0.4 is 10.6 Å². The molecule has 1 saturated heterocycles. The van der Waals surface area contributed by atoms with Gasteiger partial charge in [0.15, 0.2) is 5.96 Å². The van der Waals surface area contributed by atoms with E-state index in [-0.39, 0.29) is 36.1 Å². The fourth-order valence-electron chi connectivity index (χ4n) is 2.74. The van der Waals surface area contributed by atoms with Crippen LogP contribution in [0.15, 0.2) is 35.3 Å². The average molecular weight is 456 g/mol. The molecule has 0 aliphatic carbocycles. The third kappa shape index (κ3) is 6.84. The zero-order valence-corrected chi connectivity index (χ0v) is 16.1. The van der Waals surface area contributed by atoms with Crippen LogP contribution in [0.2, 0.25) is 0 Å². The number of likely N-dealkylation sites (tertiary alicyclic amines) is 1. The molecular weight excluding hydrogens is 432 g/mol. The van der Waals surface area contributed by atoms with Crippen LogP contribution in [0.1, 0.15) is 24.9 Å². The van der Waals surface area contributed by atoms with E-state index in [9.17, 15) is 13.2 Å². The second kappa shape index (κ2) is 9.45. The summed E-state index contributed by atoms with van der Waals surface area (Å²) in [5.74, 6) is 0.611. The Morgan fingerprint density at radius 3 is 2.58 bits per heavy atom. The summed E-state index contributed by atoms with van der Waals surface area (Å²) in [6.45, 7) is 1.99. The first-order valence-electron chi connectivity index (χ1n) is 7.71. The number of hydrogen-bond donors (Lipinski definition) is 2. The highest BCUT2D eigenvalue weighted by molar-refractivity contribution is 14.0. The van der Waals surface area contributed by atoms with Crippen LogP contribution >= 0.6 is 24.0 Å². The summed E-state index contributed by atoms with van der Waals surface area (Å²) in [5, 5.41) is 6.48. The van der Waals surface area contributed by atoms with Gasteiger partial charge in [-0.15, -0.1) is 24.0 Å². The van der Waals surface area contributed by atoms with E-state index in [1.807, 2.05) is 37.3 Å². The summed E-state index contributed by atoms with van der Waals surface area (Å²) in [7, 11) is 1.66. The number of halogens is 4. The highest BCUT2D eigenvalue weighted by Crippen LogP contribution is 2.20. The SMILES string of the molecule is CN=C(NC1CCN(CC(F)(F)F)C1)NC(C)c1ccccc1.I. The maximum Gasteiger partial charge on any atom is 0.401 e. The van der Waals surface area contributed by atoms with Crippen molar-refractivity contribution in [3.05, 3.63) is 35.9 Å². The lowest BCUT2D eigenvalue weighted by atomic mass is 10.1. The zero-order valence-electron chi connectivity index (χ0n) is 13.8. The smallest absolute Gasteiger partial charge is 0.352 e. The van der Waals surface area contributed by atoms with Crippen LogP contribution in [0.5, 0.6) is 0 Å². The summed E-state index contributed by atoms with van der Waals surface area (Å²) < 4.78 is 37.3. The Morgan fingerprint density at radius 1 is 1.33 bits per heavy atom. The Balaban J connectivity index is 0.00000288. The molecule has 1 aliphatic rings. The molecule has 1 heterocycles. The van der Waals surface area contributed by atoms with E-state index in [1.165, 1.54) is 4.90 Å². The second-order valence-corrected chi connectivity index (χ2v) is 5.83. The predicted molar refractivity (Wildman–Crippen MR) is 101 cm³/mol. The van der Waals surface area contributed by atoms with Gasteiger partial charge in [-0.25, -0.2) is 0 Å². The summed E-state index contributed by atoms with van der Waals surface area (Å²) in [5.41, 5.74) is 1.13. The van der Waals surface area contributed by atoms with Crippen molar-refractivity contribution in [2.45, 2.75) is 31.6 Å². The summed E-state index contributed by atoms with van der Waals surface area (Å²) >= 11 is 0. The highest BCUT2D eigenvalue weighted by Gasteiger charge is 2.34. The highest BCUT2D eigenvalue weighted by atomic mass is 127. The molecule has 2 atom stereocenters. The minimum Gasteiger partial charge on any atom is -0.352 e. The number of alkyl halides is 3. The Kier molecular flexibility index (Phi) is 8.28. The quantitative estimate of drug-likeness (QED) is 0.416. The number of benzene rings is 1. The van der Waals surface area contributed by atoms with Crippen molar-refractivity contribution >= 4 is 29.9 Å². The second-order valence-electron chi connectivity index (χ2n) is 5.83. The largest absolute Gasteiger partial charge is 0.401 e. The molecule has 1 aliphatic heterocycles. The number of aliphatic imine (C=N–C) groups is 1. The van der Waals surface area contributed by atoms with Crippen LogP contribution in [-0.4, -0.2) is 49.8 Å². The Morgan fingerprint density at radius 2 is 2.00 bits per heavy atom. The fraction of sp³-hybridized carbons (Fsp3) is 0.562. The van der Waals surface area contributed by atoms with Crippen molar-refractivity contribution in [3.8, 4) is 0 Å². The van der Waals surface area contributed by atoms with E-state index >= 15 is 0 Å². The Bertz CT molecular complexity index is 522. The molecule has 2 unspecified atom stereocenters. The standard InChI is InChI=1S/C16H23F3N4.HI/c1-12(13-6-4-3-5-7-13)21-15(20-2)22-14-8-9-23(10-14)11-16(17,18)19;/h3-7,12,14H,8-11H2,1-2H3,(H2,20,21,22);1H. The van der Waals surface area contributed by atoms with E-state index in [2.05, 4.69) is 15.6 Å². The lowest BCUT2D eigenvalue weighted by molar-refractivity contribution is -0.143. The van der Waals surface area contributed by atoms with Gasteiger partial charge in [0.1, 0.15) is 0 Å². The topological polar surface area (TPSA) is 39.7 Å². The van der Waals surface area contributed by atoms with Gasteiger partial charge in [-0.2, -0.15) is 13.2 Å². The van der Waals surface area contributed by atoms with Crippen LogP contribution in [0, 0.1) is 0 Å². The first-order valence-corrected chi connectivity index (χ1v) is 7.71. The number of nitrogens with zero attached hydrogens (tertiary/aromatic N) is 2. The van der Waals surface area contributed by atoms with Crippen molar-refractivity contribution < 1.29 is 13.2 Å². The lowest BCUT2D eigenvalue weighted by Gasteiger charge is -2.22. The maximum atomic E-state index is 12.4. The van der Waals surface area contributed by atoms with Gasteiger partial charge in [-0.05, 0) is 18.9 Å². The van der Waals surface area contributed by atoms with Crippen LogP contribution in [0.25, 0.3) is 0 Å². The molecule has 8 heteroatoms. The number of nitrogens with one attached hydrogen (secondary N) is 2. The van der Waals surface area contributed by atoms with E-state index < -0.39 is 12.7 Å². The van der Waals surface area contributed by atoms with Crippen molar-refractivity contribution in [3.63, 3.8) is 0 Å². The molecule has 2 rings (SSSR count). The first kappa shape index (κ1) is 21.0. The Hall–Kier alpha value is -1.03. The molecule has 1 fully saturated rings. The number of hydrogen-bond acceptors (Lipinski definition) is 2. The molecule has 0 aromatic heterocycles. The third-order valence-electron chi connectivity index (χ3n) is 3.89. The predicted octanol–water partition coefficient (Wildman–Crippen LogP) is 3.17. The van der Waals surface area contributed by atoms with Gasteiger partial charge < -0.3 is 10.6 Å². The number of guanidine groups is 1. The van der Waals surface area contributed by atoms with Gasteiger partial charge in [-0.3, -0.25) is 9.89 Å². The third-order valence-corrected chi connectivity index (χ3v) is 3.89. The Labute approximate surface area is 157 Å². The minimum absolute atomic E-state index is 0. The molecule has 0 radical (unpaired) electrons. The van der Waals surface area contributed by atoms with Crippen LogP contribution in [0.3, 0.4) is 0 Å². The fourth-order valence-corrected chi connectivity index (χ4v) is 2.74. The molecule has 0 saturated carbocycles. The monoisotopic (exact) mass is 456 g/mol. The van der Waals surface area contributed by atoms with Gasteiger partial charge in [0.2, 0.25) is 0 Å². The van der Waals surface area contributed by atoms with Crippen LogP contribution in [0.4, 0.5) is 13.2 Å². The van der Waals surface area contributed by atoms with Gasteiger partial charge in [0.05, 0.1) is 12.6 Å². The zero-order chi connectivity index (χ0) is 16.9. The molecule has 136 valence electrons. The maximum absolute atomic E-state index is 12.4. The molecule has 24 heavy (non-hydrogen) atoms. The molecule has 0 spiro atoms. The normalized spacial score (nSPS) is 20.4. The van der Waals surface area contributed by atoms with E-state index in [0.717, 1.165) is 5.56 Å². The van der Waals surface area contributed by atoms with Crippen molar-refractivity contribution in [2.24, 2.45) is 4.99 Å². The van der Waals surface area contributed by atoms with Gasteiger partial charge in [0, 0.05) is 26.2 Å². The van der Waals surface area contributed by atoms with Crippen molar-refractivity contribution in [1.29, 1.82) is 0 Å². The lowest BCUT2D eigenvalue weighted by Crippen LogP contribution is -2.45. The summed E-state index contributed by atoms with van der Waals surface area (Å²) in [6, 6.07) is 9.97. The van der Waals surface area contributed by atoms with Crippen molar-refractivity contribution in [2.75, 3.05) is 26.7 Å². The van der Waals surface area contributed by atoms with E-state index in [1.54, 1.807) is 7.05 Å². The molecule has 2 N–H and O–H groups in total. The molecule has 1 aromatic carbocycles. The van der Waals surface area contributed by atoms with Crippen molar-refractivity contribution in [1.82, 2.24) is 15.5 Å². The van der Waals surface area contributed by atoms with E-state index in [4.69, 9.17) is 0 Å². The van der Waals surface area contributed by atoms with Gasteiger partial charge in [0.25, 0.3) is 0 Å². The molecular formula is C16H24F3IN4. The average Bonchev–Trinajstić information content (AvgIpc) is 2.92. The van der Waals surface area contributed by atoms with E-state index in [0.29, 0.717) is 25.5 Å².